The number of benzene rings is 1. The topological polar surface area (TPSA) is 148 Å². The fourth-order valence-electron chi connectivity index (χ4n) is 3.45. The van der Waals surface area contributed by atoms with Gasteiger partial charge in [0.1, 0.15) is 23.5 Å². The van der Waals surface area contributed by atoms with Crippen molar-refractivity contribution in [1.29, 1.82) is 0 Å². The van der Waals surface area contributed by atoms with Crippen molar-refractivity contribution in [2.75, 3.05) is 42.3 Å². The van der Waals surface area contributed by atoms with Gasteiger partial charge in [0.25, 0.3) is 11.8 Å². The smallest absolute Gasteiger partial charge is 0.398 e. The van der Waals surface area contributed by atoms with Crippen LogP contribution in [0, 0.1) is 0 Å². The Labute approximate surface area is 202 Å². The molecule has 0 unspecified atom stereocenters. The number of nitrogen functional groups attached to an aromatic ring is 1. The summed E-state index contributed by atoms with van der Waals surface area (Å²) < 4.78 is 49.5. The second-order valence-corrected chi connectivity index (χ2v) is 7.93. The van der Waals surface area contributed by atoms with Gasteiger partial charge in [-0.15, -0.1) is 0 Å². The lowest BCUT2D eigenvalue weighted by molar-refractivity contribution is -0.136. The molecule has 1 aliphatic rings. The summed E-state index contributed by atoms with van der Waals surface area (Å²) >= 11 is 0. The Morgan fingerprint density at radius 1 is 1.11 bits per heavy atom. The highest BCUT2D eigenvalue weighted by Gasteiger charge is 2.33. The van der Waals surface area contributed by atoms with E-state index >= 15 is 0 Å². The Hall–Kier alpha value is -4.20. The molecule has 190 valence electrons. The molecule has 0 spiro atoms. The number of halogens is 3. The second kappa shape index (κ2) is 10.2. The van der Waals surface area contributed by atoms with Gasteiger partial charge in [0.2, 0.25) is 5.76 Å². The van der Waals surface area contributed by atoms with Crippen molar-refractivity contribution >= 4 is 29.0 Å². The van der Waals surface area contributed by atoms with Gasteiger partial charge >= 0.3 is 6.18 Å². The highest BCUT2D eigenvalue weighted by atomic mass is 19.4. The zero-order valence-electron chi connectivity index (χ0n) is 19.0. The molecule has 1 saturated heterocycles. The number of anilines is 3. The van der Waals surface area contributed by atoms with Crippen LogP contribution >= 0.6 is 0 Å². The van der Waals surface area contributed by atoms with Gasteiger partial charge in [0.05, 0.1) is 24.8 Å². The van der Waals surface area contributed by atoms with Gasteiger partial charge in [-0.1, -0.05) is 5.16 Å². The van der Waals surface area contributed by atoms with E-state index in [4.69, 9.17) is 15.0 Å². The van der Waals surface area contributed by atoms with E-state index in [2.05, 4.69) is 25.8 Å². The van der Waals surface area contributed by atoms with E-state index in [-0.39, 0.29) is 22.8 Å². The van der Waals surface area contributed by atoms with Crippen molar-refractivity contribution < 1.29 is 32.0 Å². The minimum atomic E-state index is -4.68. The van der Waals surface area contributed by atoms with E-state index in [1.54, 1.807) is 13.0 Å². The number of hydrogen-bond acceptors (Lipinski definition) is 9. The van der Waals surface area contributed by atoms with Crippen LogP contribution in [-0.2, 0) is 10.9 Å². The van der Waals surface area contributed by atoms with E-state index in [1.807, 2.05) is 4.90 Å². The van der Waals surface area contributed by atoms with Gasteiger partial charge in [-0.3, -0.25) is 9.59 Å². The number of nitrogens with two attached hydrogens (primary N) is 1. The van der Waals surface area contributed by atoms with Crippen LogP contribution in [-0.4, -0.2) is 53.2 Å². The lowest BCUT2D eigenvalue weighted by atomic mass is 10.1. The normalized spacial score (nSPS) is 14.8. The predicted octanol–water partition coefficient (Wildman–Crippen LogP) is 2.65. The molecular formula is C22H22F3N7O4. The van der Waals surface area contributed by atoms with Crippen molar-refractivity contribution in [1.82, 2.24) is 20.4 Å². The first kappa shape index (κ1) is 24.9. The van der Waals surface area contributed by atoms with Crippen LogP contribution in [0.4, 0.5) is 30.4 Å². The molecule has 14 heteroatoms. The highest BCUT2D eigenvalue weighted by molar-refractivity contribution is 6.02. The molecule has 4 N–H and O–H groups in total. The molecule has 0 radical (unpaired) electrons. The number of nitrogens with zero attached hydrogens (tertiary/aromatic N) is 4. The number of rotatable bonds is 6. The number of aromatic nitrogens is 3. The molecule has 11 nitrogen and oxygen atoms in total. The van der Waals surface area contributed by atoms with Gasteiger partial charge in [-0.05, 0) is 25.1 Å². The van der Waals surface area contributed by atoms with Crippen LogP contribution < -0.4 is 21.3 Å². The fraction of sp³-hybridized carbons (Fsp3) is 0.318. The molecule has 1 aromatic carbocycles. The quantitative estimate of drug-likeness (QED) is 0.430. The number of alkyl halides is 3. The van der Waals surface area contributed by atoms with Crippen molar-refractivity contribution in [3.05, 3.63) is 59.4 Å². The molecule has 1 aliphatic heterocycles. The summed E-state index contributed by atoms with van der Waals surface area (Å²) in [6.07, 6.45) is -3.38. The van der Waals surface area contributed by atoms with E-state index in [1.165, 1.54) is 18.5 Å². The van der Waals surface area contributed by atoms with Crippen molar-refractivity contribution in [2.24, 2.45) is 0 Å². The molecule has 3 aromatic rings. The first-order valence-corrected chi connectivity index (χ1v) is 10.8. The lowest BCUT2D eigenvalue weighted by Gasteiger charge is -2.27. The average molecular weight is 505 g/mol. The number of hydrogen-bond donors (Lipinski definition) is 3. The predicted molar refractivity (Wildman–Crippen MR) is 121 cm³/mol. The van der Waals surface area contributed by atoms with Gasteiger partial charge in [-0.25, -0.2) is 9.97 Å². The summed E-state index contributed by atoms with van der Waals surface area (Å²) in [4.78, 5) is 35.3. The SMILES string of the molecule is C[C@H](NC(=O)c1cc(N2CCOCC2)ncn1)c1cc(C(=O)Nc2ccc(N)c(C(F)(F)F)c2)on1. The van der Waals surface area contributed by atoms with E-state index in [0.717, 1.165) is 12.1 Å². The number of ether oxygens (including phenoxy) is 1. The number of amides is 2. The number of nitrogens with one attached hydrogen (secondary N) is 2. The maximum absolute atomic E-state index is 13.1. The standard InChI is InChI=1S/C22H22F3N7O4/c1-12(29-20(33)17-10-19(28-11-27-17)32-4-6-35-7-5-32)16-9-18(36-31-16)21(34)30-13-2-3-15(26)14(8-13)22(23,24)25/h2-3,8-12H,4-7,26H2,1H3,(H,29,33)(H,30,34)/t12-/m0/s1. The molecule has 4 rings (SSSR count). The Morgan fingerprint density at radius 2 is 1.86 bits per heavy atom. The van der Waals surface area contributed by atoms with Crippen LogP contribution in [0.2, 0.25) is 0 Å². The first-order chi connectivity index (χ1) is 17.1. The van der Waals surface area contributed by atoms with Crippen LogP contribution in [0.1, 0.15) is 45.3 Å². The molecule has 1 atom stereocenters. The average Bonchev–Trinajstić information content (AvgIpc) is 3.36. The van der Waals surface area contributed by atoms with Gasteiger partial charge in [-0.2, -0.15) is 13.2 Å². The Kier molecular flexibility index (Phi) is 7.05. The zero-order chi connectivity index (χ0) is 25.9. The van der Waals surface area contributed by atoms with Gasteiger partial charge < -0.3 is 30.5 Å². The van der Waals surface area contributed by atoms with Crippen LogP contribution in [0.15, 0.2) is 41.2 Å². The molecular weight excluding hydrogens is 483 g/mol. The van der Waals surface area contributed by atoms with Crippen LogP contribution in [0.5, 0.6) is 0 Å². The second-order valence-electron chi connectivity index (χ2n) is 7.93. The molecule has 3 heterocycles. The summed E-state index contributed by atoms with van der Waals surface area (Å²) in [5, 5.41) is 8.80. The Morgan fingerprint density at radius 3 is 2.58 bits per heavy atom. The monoisotopic (exact) mass is 505 g/mol. The molecule has 0 aliphatic carbocycles. The lowest BCUT2D eigenvalue weighted by Crippen LogP contribution is -2.37. The maximum atomic E-state index is 13.1. The van der Waals surface area contributed by atoms with Crippen molar-refractivity contribution in [3.63, 3.8) is 0 Å². The molecule has 36 heavy (non-hydrogen) atoms. The number of carbonyl (C=O) groups excluding carboxylic acids is 2. The van der Waals surface area contributed by atoms with E-state index < -0.39 is 35.3 Å². The zero-order valence-corrected chi connectivity index (χ0v) is 19.0. The third-order valence-corrected chi connectivity index (χ3v) is 5.38. The van der Waals surface area contributed by atoms with Crippen LogP contribution in [0.3, 0.4) is 0 Å². The highest BCUT2D eigenvalue weighted by Crippen LogP contribution is 2.35. The maximum Gasteiger partial charge on any atom is 0.418 e. The fourth-order valence-corrected chi connectivity index (χ4v) is 3.45. The molecule has 2 aromatic heterocycles. The Balaban J connectivity index is 1.40. The third-order valence-electron chi connectivity index (χ3n) is 5.38. The summed E-state index contributed by atoms with van der Waals surface area (Å²) in [6.45, 7) is 4.04. The summed E-state index contributed by atoms with van der Waals surface area (Å²) in [5.74, 6) is -0.970. The van der Waals surface area contributed by atoms with E-state index in [0.29, 0.717) is 32.1 Å². The summed E-state index contributed by atoms with van der Waals surface area (Å²) in [6, 6.07) is 5.17. The van der Waals surface area contributed by atoms with Crippen molar-refractivity contribution in [2.45, 2.75) is 19.1 Å². The Bertz CT molecular complexity index is 1260. The number of carbonyl (C=O) groups is 2. The third kappa shape index (κ3) is 5.71. The molecule has 0 saturated carbocycles. The first-order valence-electron chi connectivity index (χ1n) is 10.8. The van der Waals surface area contributed by atoms with Gasteiger partial charge in [0, 0.05) is 36.6 Å². The molecule has 0 bridgehead atoms. The minimum Gasteiger partial charge on any atom is -0.398 e. The summed E-state index contributed by atoms with van der Waals surface area (Å²) in [5.41, 5.74) is 4.08. The van der Waals surface area contributed by atoms with Crippen molar-refractivity contribution in [3.8, 4) is 0 Å². The molecule has 2 amide bonds. The van der Waals surface area contributed by atoms with Crippen LogP contribution in [0.25, 0.3) is 0 Å². The minimum absolute atomic E-state index is 0.124. The number of morpholine rings is 1. The van der Waals surface area contributed by atoms with Gasteiger partial charge in [0.15, 0.2) is 0 Å². The van der Waals surface area contributed by atoms with E-state index in [9.17, 15) is 22.8 Å². The largest absolute Gasteiger partial charge is 0.418 e. The molecule has 1 fully saturated rings. The summed E-state index contributed by atoms with van der Waals surface area (Å²) in [7, 11) is 0.